The zero-order valence-electron chi connectivity index (χ0n) is 19.2. The maximum absolute atomic E-state index is 12.7. The normalized spacial score (nSPS) is 17.2. The van der Waals surface area contributed by atoms with Crippen LogP contribution in [0.5, 0.6) is 0 Å². The third-order valence-electron chi connectivity index (χ3n) is 4.95. The van der Waals surface area contributed by atoms with E-state index in [-0.39, 0.29) is 12.3 Å². The number of amides is 1. The molecule has 1 aliphatic rings. The number of carboxylic acids is 1. The quantitative estimate of drug-likeness (QED) is 0.276. The lowest BCUT2D eigenvalue weighted by atomic mass is 9.84. The molecule has 11 heteroatoms. The molecule has 0 aromatic heterocycles. The van der Waals surface area contributed by atoms with E-state index in [1.54, 1.807) is 0 Å². The Balaban J connectivity index is 0.00000436. The molecule has 0 saturated heterocycles. The van der Waals surface area contributed by atoms with Gasteiger partial charge in [0.15, 0.2) is 0 Å². The van der Waals surface area contributed by atoms with Crippen LogP contribution in [-0.4, -0.2) is 56.7 Å². The van der Waals surface area contributed by atoms with Gasteiger partial charge in [0.2, 0.25) is 5.91 Å². The summed E-state index contributed by atoms with van der Waals surface area (Å²) in [7, 11) is -3.69. The second kappa shape index (κ2) is 14.7. The molecule has 2 unspecified atom stereocenters. The number of carbonyl (C=O) groups is 2. The highest BCUT2D eigenvalue weighted by atomic mass is 32.2. The molecule has 0 aliphatic heterocycles. The molecule has 1 aliphatic carbocycles. The Bertz CT molecular complexity index is 634. The molecular formula is C20H41FN4O5S. The summed E-state index contributed by atoms with van der Waals surface area (Å²) in [5.74, 6) is -1.39. The van der Waals surface area contributed by atoms with Crippen LogP contribution < -0.4 is 20.5 Å². The van der Waals surface area contributed by atoms with Gasteiger partial charge in [-0.1, -0.05) is 38.5 Å². The van der Waals surface area contributed by atoms with Crippen LogP contribution in [0.2, 0.25) is 0 Å². The van der Waals surface area contributed by atoms with Crippen LogP contribution >= 0.6 is 0 Å². The van der Waals surface area contributed by atoms with Crippen molar-refractivity contribution in [3.8, 4) is 0 Å². The maximum atomic E-state index is 12.7. The fraction of sp³-hybridized carbons (Fsp3) is 0.900. The second-order valence-corrected chi connectivity index (χ2v) is 10.4. The van der Waals surface area contributed by atoms with Gasteiger partial charge in [-0.05, 0) is 52.5 Å². The van der Waals surface area contributed by atoms with Gasteiger partial charge >= 0.3 is 5.97 Å². The van der Waals surface area contributed by atoms with E-state index in [1.807, 2.05) is 20.8 Å². The number of rotatable bonds is 12. The predicted octanol–water partition coefficient (Wildman–Crippen LogP) is 1.83. The molecule has 1 saturated carbocycles. The number of alkyl halides is 1. The zero-order valence-corrected chi connectivity index (χ0v) is 20.1. The summed E-state index contributed by atoms with van der Waals surface area (Å²) in [4.78, 5) is 24.2. The molecule has 0 radical (unpaired) electrons. The Labute approximate surface area is 186 Å². The van der Waals surface area contributed by atoms with E-state index in [4.69, 9.17) is 5.73 Å². The minimum absolute atomic E-state index is 0.134. The largest absolute Gasteiger partial charge is 0.480 e. The van der Waals surface area contributed by atoms with Crippen LogP contribution in [-0.2, 0) is 19.8 Å². The first kappa shape index (κ1) is 29.7. The molecule has 0 bridgehead atoms. The lowest BCUT2D eigenvalue weighted by Crippen LogP contribution is -2.56. The van der Waals surface area contributed by atoms with Crippen molar-refractivity contribution >= 4 is 22.1 Å². The zero-order chi connectivity index (χ0) is 24.1. The summed E-state index contributed by atoms with van der Waals surface area (Å²) in [5, 5.41) is 12.2. The molecule has 0 aromatic carbocycles. The van der Waals surface area contributed by atoms with Gasteiger partial charge in [-0.2, -0.15) is 17.9 Å². The molecule has 31 heavy (non-hydrogen) atoms. The summed E-state index contributed by atoms with van der Waals surface area (Å²) >= 11 is 0. The van der Waals surface area contributed by atoms with Crippen LogP contribution in [0.4, 0.5) is 4.39 Å². The minimum Gasteiger partial charge on any atom is -0.480 e. The molecule has 0 aromatic rings. The number of aliphatic carboxylic acids is 1. The molecule has 1 fully saturated rings. The summed E-state index contributed by atoms with van der Waals surface area (Å²) in [5.41, 5.74) is 4.91. The van der Waals surface area contributed by atoms with Gasteiger partial charge in [0.1, 0.15) is 12.1 Å². The molecule has 184 valence electrons. The Morgan fingerprint density at radius 3 is 2.10 bits per heavy atom. The number of nitrogens with two attached hydrogens (primary N) is 1. The van der Waals surface area contributed by atoms with Gasteiger partial charge < -0.3 is 16.2 Å². The SMILES string of the molecule is CC(C)(C)NC(=O)C(CC1CCCCC1)NS(=O)(=O)NC(CCCCN)C(=O)O.CF. The lowest BCUT2D eigenvalue weighted by molar-refractivity contribution is -0.139. The highest BCUT2D eigenvalue weighted by Gasteiger charge is 2.32. The van der Waals surface area contributed by atoms with Crippen molar-refractivity contribution < 1.29 is 27.5 Å². The first-order valence-electron chi connectivity index (χ1n) is 10.9. The van der Waals surface area contributed by atoms with E-state index in [2.05, 4.69) is 14.8 Å². The van der Waals surface area contributed by atoms with Gasteiger partial charge in [0.25, 0.3) is 10.2 Å². The number of hydrogen-bond donors (Lipinski definition) is 5. The lowest BCUT2D eigenvalue weighted by Gasteiger charge is -2.29. The molecule has 6 N–H and O–H groups in total. The number of unbranched alkanes of at least 4 members (excludes halogenated alkanes) is 1. The van der Waals surface area contributed by atoms with E-state index in [0.717, 1.165) is 32.1 Å². The van der Waals surface area contributed by atoms with Gasteiger partial charge in [-0.25, -0.2) is 0 Å². The molecular weight excluding hydrogens is 427 g/mol. The van der Waals surface area contributed by atoms with Gasteiger partial charge in [0, 0.05) is 5.54 Å². The summed E-state index contributed by atoms with van der Waals surface area (Å²) in [6.07, 6.45) is 6.87. The van der Waals surface area contributed by atoms with Crippen LogP contribution in [0.15, 0.2) is 0 Å². The first-order chi connectivity index (χ1) is 14.4. The van der Waals surface area contributed by atoms with Crippen molar-refractivity contribution in [1.82, 2.24) is 14.8 Å². The third kappa shape index (κ3) is 13.7. The minimum atomic E-state index is -4.19. The van der Waals surface area contributed by atoms with E-state index >= 15 is 0 Å². The van der Waals surface area contributed by atoms with E-state index in [9.17, 15) is 27.5 Å². The van der Waals surface area contributed by atoms with Crippen molar-refractivity contribution in [2.24, 2.45) is 11.7 Å². The first-order valence-corrected chi connectivity index (χ1v) is 12.3. The average molecular weight is 469 g/mol. The van der Waals surface area contributed by atoms with Crippen molar-refractivity contribution in [3.63, 3.8) is 0 Å². The smallest absolute Gasteiger partial charge is 0.321 e. The molecule has 1 amide bonds. The number of halogens is 1. The van der Waals surface area contributed by atoms with Gasteiger partial charge in [-0.15, -0.1) is 0 Å². The third-order valence-corrected chi connectivity index (χ3v) is 6.14. The standard InChI is InChI=1S/C19H38N4O5S.CH3F/c1-19(2,3)21-17(24)16(13-14-9-5-4-6-10-14)23-29(27,28)22-15(18(25)26)11-7-8-12-20;1-2/h14-16,22-23H,4-13,20H2,1-3H3,(H,21,24)(H,25,26);1H3. The maximum Gasteiger partial charge on any atom is 0.321 e. The summed E-state index contributed by atoms with van der Waals surface area (Å²) in [6, 6.07) is -2.21. The monoisotopic (exact) mass is 468 g/mol. The predicted molar refractivity (Wildman–Crippen MR) is 119 cm³/mol. The molecule has 0 spiro atoms. The van der Waals surface area contributed by atoms with Crippen molar-refractivity contribution in [3.05, 3.63) is 0 Å². The van der Waals surface area contributed by atoms with Gasteiger partial charge in [0.05, 0.1) is 7.18 Å². The summed E-state index contributed by atoms with van der Waals surface area (Å²) < 4.78 is 39.3. The van der Waals surface area contributed by atoms with Gasteiger partial charge in [-0.3, -0.25) is 14.0 Å². The highest BCUT2D eigenvalue weighted by molar-refractivity contribution is 7.87. The van der Waals surface area contributed by atoms with Crippen molar-refractivity contribution in [2.45, 2.75) is 96.2 Å². The summed E-state index contributed by atoms with van der Waals surface area (Å²) in [6.45, 7) is 5.89. The topological polar surface area (TPSA) is 151 Å². The van der Waals surface area contributed by atoms with Crippen molar-refractivity contribution in [1.29, 1.82) is 0 Å². The molecule has 9 nitrogen and oxygen atoms in total. The molecule has 1 rings (SSSR count). The Hall–Kier alpha value is -1.30. The average Bonchev–Trinajstić information content (AvgIpc) is 2.67. The number of nitrogens with one attached hydrogen (secondary N) is 3. The van der Waals surface area contributed by atoms with E-state index < -0.39 is 39.7 Å². The Morgan fingerprint density at radius 2 is 1.61 bits per heavy atom. The van der Waals surface area contributed by atoms with Crippen LogP contribution in [0.25, 0.3) is 0 Å². The highest BCUT2D eigenvalue weighted by Crippen LogP contribution is 2.27. The number of hydrogen-bond acceptors (Lipinski definition) is 5. The fourth-order valence-corrected chi connectivity index (χ4v) is 4.79. The Morgan fingerprint density at radius 1 is 1.06 bits per heavy atom. The van der Waals surface area contributed by atoms with Crippen molar-refractivity contribution in [2.75, 3.05) is 13.7 Å². The fourth-order valence-electron chi connectivity index (χ4n) is 3.56. The van der Waals surface area contributed by atoms with Crippen LogP contribution in [0.3, 0.4) is 0 Å². The van der Waals surface area contributed by atoms with Crippen LogP contribution in [0.1, 0.15) is 78.6 Å². The number of carboxylic acid groups (broad SMARTS) is 1. The van der Waals surface area contributed by atoms with E-state index in [1.165, 1.54) is 0 Å². The molecule has 0 heterocycles. The molecule has 2 atom stereocenters. The van der Waals surface area contributed by atoms with Crippen LogP contribution in [0, 0.1) is 5.92 Å². The number of carbonyl (C=O) groups excluding carboxylic acids is 1. The second-order valence-electron chi connectivity index (χ2n) is 8.95. The Kier molecular flexibility index (Phi) is 14.1. The van der Waals surface area contributed by atoms with E-state index in [0.29, 0.717) is 33.0 Å².